The Morgan fingerprint density at radius 3 is 2.25 bits per heavy atom. The quantitative estimate of drug-likeness (QED) is 0.532. The van der Waals surface area contributed by atoms with Crippen LogP contribution in [0, 0.1) is 0 Å². The normalized spacial score (nSPS) is 18.0. The van der Waals surface area contributed by atoms with Crippen LogP contribution in [0.4, 0.5) is 0 Å². The first kappa shape index (κ1) is 8.18. The third-order valence-corrected chi connectivity index (χ3v) is 4.63. The largest absolute Gasteiger partial charge is 0.423 e. The van der Waals surface area contributed by atoms with Crippen molar-refractivity contribution in [3.63, 3.8) is 0 Å². The standard InChI is InChI=1S/C6H16OSi/c1-5-6(2)8(4)7-3/h6,8H,5H2,1-4H3. The first-order valence-electron chi connectivity index (χ1n) is 3.25. The second kappa shape index (κ2) is 4.10. The van der Waals surface area contributed by atoms with Crippen molar-refractivity contribution in [2.75, 3.05) is 7.11 Å². The SMILES string of the molecule is CCC(C)[SiH](C)OC. The van der Waals surface area contributed by atoms with Crippen LogP contribution in [0.1, 0.15) is 20.3 Å². The summed E-state index contributed by atoms with van der Waals surface area (Å²) in [6.45, 7) is 6.72. The highest BCUT2D eigenvalue weighted by molar-refractivity contribution is 6.51. The summed E-state index contributed by atoms with van der Waals surface area (Å²) in [5.41, 5.74) is 0.833. The molecule has 0 radical (unpaired) electrons. The predicted octanol–water partition coefficient (Wildman–Crippen LogP) is 1.79. The Hall–Kier alpha value is 0.177. The molecule has 0 aromatic rings. The Balaban J connectivity index is 3.29. The number of hydrogen-bond donors (Lipinski definition) is 0. The summed E-state index contributed by atoms with van der Waals surface area (Å²) >= 11 is 0. The highest BCUT2D eigenvalue weighted by atomic mass is 28.3. The number of hydrogen-bond acceptors (Lipinski definition) is 1. The van der Waals surface area contributed by atoms with Crippen LogP contribution in [-0.2, 0) is 4.43 Å². The zero-order valence-electron chi connectivity index (χ0n) is 6.27. The van der Waals surface area contributed by atoms with Crippen LogP contribution < -0.4 is 0 Å². The average Bonchev–Trinajstić information content (AvgIpc) is 1.84. The predicted molar refractivity (Wildman–Crippen MR) is 39.7 cm³/mol. The van der Waals surface area contributed by atoms with E-state index in [4.69, 9.17) is 4.43 Å². The van der Waals surface area contributed by atoms with Gasteiger partial charge in [0.15, 0.2) is 9.04 Å². The molecule has 0 aliphatic rings. The fourth-order valence-electron chi connectivity index (χ4n) is 0.564. The van der Waals surface area contributed by atoms with Gasteiger partial charge >= 0.3 is 0 Å². The van der Waals surface area contributed by atoms with Gasteiger partial charge in [-0.2, -0.15) is 0 Å². The second-order valence-electron chi connectivity index (χ2n) is 2.33. The minimum absolute atomic E-state index is 0.775. The first-order valence-corrected chi connectivity index (χ1v) is 5.54. The Morgan fingerprint density at radius 1 is 1.62 bits per heavy atom. The molecule has 0 amide bonds. The van der Waals surface area contributed by atoms with E-state index in [1.54, 1.807) is 0 Å². The van der Waals surface area contributed by atoms with Gasteiger partial charge in [0.2, 0.25) is 0 Å². The van der Waals surface area contributed by atoms with Gasteiger partial charge in [-0.25, -0.2) is 0 Å². The second-order valence-corrected chi connectivity index (χ2v) is 5.35. The summed E-state index contributed by atoms with van der Waals surface area (Å²) in [4.78, 5) is 0. The molecular formula is C6H16OSi. The van der Waals surface area contributed by atoms with E-state index in [0.29, 0.717) is 0 Å². The highest BCUT2D eigenvalue weighted by Gasteiger charge is 2.09. The fraction of sp³-hybridized carbons (Fsp3) is 1.00. The molecule has 1 nitrogen and oxygen atoms in total. The van der Waals surface area contributed by atoms with Crippen LogP contribution in [0.3, 0.4) is 0 Å². The van der Waals surface area contributed by atoms with Gasteiger partial charge in [0, 0.05) is 7.11 Å². The third kappa shape index (κ3) is 2.48. The lowest BCUT2D eigenvalue weighted by molar-refractivity contribution is 0.412. The van der Waals surface area contributed by atoms with Gasteiger partial charge in [0.05, 0.1) is 0 Å². The molecule has 0 aromatic carbocycles. The average molecular weight is 132 g/mol. The molecule has 0 saturated carbocycles. The van der Waals surface area contributed by atoms with E-state index in [-0.39, 0.29) is 0 Å². The lowest BCUT2D eigenvalue weighted by Gasteiger charge is -2.13. The van der Waals surface area contributed by atoms with E-state index < -0.39 is 9.04 Å². The van der Waals surface area contributed by atoms with Crippen molar-refractivity contribution in [1.29, 1.82) is 0 Å². The van der Waals surface area contributed by atoms with Crippen LogP contribution in [0.2, 0.25) is 12.1 Å². The molecule has 2 heteroatoms. The van der Waals surface area contributed by atoms with Crippen molar-refractivity contribution in [2.45, 2.75) is 32.4 Å². The third-order valence-electron chi connectivity index (χ3n) is 1.82. The Morgan fingerprint density at radius 2 is 2.12 bits per heavy atom. The molecular weight excluding hydrogens is 116 g/mol. The molecule has 0 bridgehead atoms. The zero-order valence-corrected chi connectivity index (χ0v) is 7.42. The van der Waals surface area contributed by atoms with Crippen LogP contribution in [0.5, 0.6) is 0 Å². The molecule has 0 aromatic heterocycles. The first-order chi connectivity index (χ1) is 3.72. The molecule has 8 heavy (non-hydrogen) atoms. The smallest absolute Gasteiger partial charge is 0.176 e. The van der Waals surface area contributed by atoms with Gasteiger partial charge in [-0.15, -0.1) is 0 Å². The summed E-state index contributed by atoms with van der Waals surface area (Å²) < 4.78 is 5.24. The monoisotopic (exact) mass is 132 g/mol. The van der Waals surface area contributed by atoms with Crippen LogP contribution in [-0.4, -0.2) is 16.2 Å². The van der Waals surface area contributed by atoms with Gasteiger partial charge in [0.25, 0.3) is 0 Å². The lowest BCUT2D eigenvalue weighted by Crippen LogP contribution is -2.15. The minimum Gasteiger partial charge on any atom is -0.423 e. The molecule has 0 heterocycles. The van der Waals surface area contributed by atoms with E-state index in [1.165, 1.54) is 6.42 Å². The van der Waals surface area contributed by atoms with Crippen molar-refractivity contribution < 1.29 is 4.43 Å². The summed E-state index contributed by atoms with van der Waals surface area (Å²) in [7, 11) is 1.05. The maximum Gasteiger partial charge on any atom is 0.176 e. The Kier molecular flexibility index (Phi) is 4.19. The molecule has 0 rings (SSSR count). The molecule has 0 spiro atoms. The molecule has 2 unspecified atom stereocenters. The van der Waals surface area contributed by atoms with E-state index in [1.807, 2.05) is 7.11 Å². The van der Waals surface area contributed by atoms with E-state index in [0.717, 1.165) is 5.54 Å². The van der Waals surface area contributed by atoms with Crippen molar-refractivity contribution >= 4 is 9.04 Å². The zero-order chi connectivity index (χ0) is 6.57. The minimum atomic E-state index is -0.775. The maximum atomic E-state index is 5.24. The molecule has 0 saturated heterocycles. The van der Waals surface area contributed by atoms with E-state index in [2.05, 4.69) is 20.4 Å². The number of rotatable bonds is 3. The summed E-state index contributed by atoms with van der Waals surface area (Å²) in [6, 6.07) is 0. The van der Waals surface area contributed by atoms with Crippen LogP contribution in [0.15, 0.2) is 0 Å². The topological polar surface area (TPSA) is 9.23 Å². The summed E-state index contributed by atoms with van der Waals surface area (Å²) in [6.07, 6.45) is 1.27. The maximum absolute atomic E-state index is 5.24. The molecule has 0 fully saturated rings. The van der Waals surface area contributed by atoms with Crippen molar-refractivity contribution in [1.82, 2.24) is 0 Å². The Labute approximate surface area is 53.8 Å². The molecule has 0 aliphatic heterocycles. The summed E-state index contributed by atoms with van der Waals surface area (Å²) in [5.74, 6) is 0. The van der Waals surface area contributed by atoms with Crippen molar-refractivity contribution in [2.24, 2.45) is 0 Å². The van der Waals surface area contributed by atoms with Gasteiger partial charge < -0.3 is 4.43 Å². The van der Waals surface area contributed by atoms with Crippen molar-refractivity contribution in [3.8, 4) is 0 Å². The van der Waals surface area contributed by atoms with Gasteiger partial charge in [-0.3, -0.25) is 0 Å². The van der Waals surface area contributed by atoms with Crippen LogP contribution >= 0.6 is 0 Å². The van der Waals surface area contributed by atoms with Gasteiger partial charge in [0.1, 0.15) is 0 Å². The van der Waals surface area contributed by atoms with Crippen molar-refractivity contribution in [3.05, 3.63) is 0 Å². The molecule has 0 N–H and O–H groups in total. The lowest BCUT2D eigenvalue weighted by atomic mass is 10.4. The van der Waals surface area contributed by atoms with E-state index in [9.17, 15) is 0 Å². The fourth-order valence-corrected chi connectivity index (χ4v) is 1.69. The highest BCUT2D eigenvalue weighted by Crippen LogP contribution is 2.12. The molecule has 0 aliphatic carbocycles. The molecule has 50 valence electrons. The Bertz CT molecular complexity index is 48.5. The van der Waals surface area contributed by atoms with E-state index >= 15 is 0 Å². The van der Waals surface area contributed by atoms with Gasteiger partial charge in [-0.05, 0) is 12.1 Å². The van der Waals surface area contributed by atoms with Crippen LogP contribution in [0.25, 0.3) is 0 Å². The molecule has 2 atom stereocenters. The van der Waals surface area contributed by atoms with Gasteiger partial charge in [-0.1, -0.05) is 20.3 Å². The summed E-state index contributed by atoms with van der Waals surface area (Å²) in [5, 5.41) is 0.